The van der Waals surface area contributed by atoms with Crippen LogP contribution in [0.4, 0.5) is 20.2 Å². The fourth-order valence-corrected chi connectivity index (χ4v) is 6.42. The number of rotatable bonds is 8. The number of halogens is 2. The molecular formula is C33H41BF2N2O2. The van der Waals surface area contributed by atoms with Crippen molar-refractivity contribution in [1.82, 2.24) is 0 Å². The van der Waals surface area contributed by atoms with Gasteiger partial charge in [0.2, 0.25) is 0 Å². The number of benzene rings is 3. The Hall–Kier alpha value is -2.90. The molecule has 2 aliphatic rings. The molecule has 0 amide bonds. The first-order valence-corrected chi connectivity index (χ1v) is 14.5. The highest BCUT2D eigenvalue weighted by Gasteiger charge is 2.39. The molecule has 0 bridgehead atoms. The second-order valence-corrected chi connectivity index (χ2v) is 12.3. The van der Waals surface area contributed by atoms with E-state index in [1.165, 1.54) is 17.7 Å². The number of piperidine rings is 1. The van der Waals surface area contributed by atoms with Crippen LogP contribution in [0.5, 0.6) is 0 Å². The van der Waals surface area contributed by atoms with Crippen LogP contribution in [0, 0.1) is 11.6 Å². The van der Waals surface area contributed by atoms with E-state index in [1.807, 2.05) is 24.8 Å². The van der Waals surface area contributed by atoms with Crippen molar-refractivity contribution in [1.29, 1.82) is 0 Å². The summed E-state index contributed by atoms with van der Waals surface area (Å²) in [6, 6.07) is 22.0. The van der Waals surface area contributed by atoms with Gasteiger partial charge < -0.3 is 19.5 Å². The molecule has 4 nitrogen and oxygen atoms in total. The van der Waals surface area contributed by atoms with Crippen molar-refractivity contribution >= 4 is 19.1 Å². The van der Waals surface area contributed by atoms with E-state index in [0.29, 0.717) is 24.7 Å². The highest BCUT2D eigenvalue weighted by atomic mass is 19.1. The largest absolute Gasteiger partial charge is 0.435 e. The van der Waals surface area contributed by atoms with E-state index in [-0.39, 0.29) is 24.8 Å². The Balaban J connectivity index is 1.31. The molecule has 1 unspecified atom stereocenters. The molecule has 2 heterocycles. The average Bonchev–Trinajstić information content (AvgIpc) is 3.44. The third kappa shape index (κ3) is 5.51. The van der Waals surface area contributed by atoms with E-state index in [9.17, 15) is 5.02 Å². The van der Waals surface area contributed by atoms with Crippen molar-refractivity contribution in [2.75, 3.05) is 29.4 Å². The summed E-state index contributed by atoms with van der Waals surface area (Å²) in [7, 11) is -0.330. The number of hydrogen-bond donors (Lipinski definition) is 1. The molecule has 3 aromatic carbocycles. The van der Waals surface area contributed by atoms with Crippen LogP contribution in [-0.4, -0.2) is 37.9 Å². The Bertz CT molecular complexity index is 1270. The summed E-state index contributed by atoms with van der Waals surface area (Å²) in [6.45, 7) is 10.2. The van der Waals surface area contributed by atoms with Crippen LogP contribution in [0.15, 0.2) is 66.7 Å². The van der Waals surface area contributed by atoms with E-state index in [1.54, 1.807) is 0 Å². The zero-order valence-electron chi connectivity index (χ0n) is 24.2. The number of anilines is 2. The van der Waals surface area contributed by atoms with Gasteiger partial charge in [-0.25, -0.2) is 8.78 Å². The minimum Gasteiger partial charge on any atom is -0.430 e. The fraction of sp³-hybridized carbons (Fsp3) is 0.455. The first-order chi connectivity index (χ1) is 19.1. The second-order valence-electron chi connectivity index (χ2n) is 12.3. The zero-order chi connectivity index (χ0) is 28.5. The van der Waals surface area contributed by atoms with Crippen LogP contribution in [-0.2, 0) is 10.1 Å². The van der Waals surface area contributed by atoms with Crippen LogP contribution in [0.1, 0.15) is 82.0 Å². The predicted molar refractivity (Wildman–Crippen MR) is 160 cm³/mol. The van der Waals surface area contributed by atoms with Crippen LogP contribution < -0.4 is 9.80 Å². The monoisotopic (exact) mass is 546 g/mol. The molecule has 40 heavy (non-hydrogen) atoms. The molecule has 0 saturated carbocycles. The first kappa shape index (κ1) is 28.6. The summed E-state index contributed by atoms with van der Waals surface area (Å²) in [5, 5.41) is 9.34. The lowest BCUT2D eigenvalue weighted by Gasteiger charge is -2.42. The Morgan fingerprint density at radius 3 is 2.05 bits per heavy atom. The smallest absolute Gasteiger partial charge is 0.430 e. The lowest BCUT2D eigenvalue weighted by molar-refractivity contribution is 0.0257. The second kappa shape index (κ2) is 11.5. The van der Waals surface area contributed by atoms with E-state index >= 15 is 8.78 Å². The number of hydrogen-bond acceptors (Lipinski definition) is 4. The molecule has 2 fully saturated rings. The van der Waals surface area contributed by atoms with Crippen molar-refractivity contribution in [3.8, 4) is 0 Å². The van der Waals surface area contributed by atoms with E-state index in [0.717, 1.165) is 43.4 Å². The van der Waals surface area contributed by atoms with Gasteiger partial charge in [-0.3, -0.25) is 0 Å². The maximum Gasteiger partial charge on any atom is 0.435 e. The zero-order valence-corrected chi connectivity index (χ0v) is 24.2. The highest BCUT2D eigenvalue weighted by molar-refractivity contribution is 6.16. The third-order valence-corrected chi connectivity index (χ3v) is 9.62. The normalized spacial score (nSPS) is 18.8. The Kier molecular flexibility index (Phi) is 8.26. The fourth-order valence-electron chi connectivity index (χ4n) is 6.42. The average molecular weight is 547 g/mol. The molecule has 1 N–H and O–H groups in total. The van der Waals surface area contributed by atoms with Crippen LogP contribution in [0.3, 0.4) is 0 Å². The standard InChI is InChI=1S/C33H41BF2N2O2/c1-32(2,33(3,4)40-34-39)26-14-12-25(13-15-26)30-11-8-18-38(30)27-21-28(35)31(29(36)22-27)37-19-16-24(17-20-37)23-9-6-5-7-10-23/h5-7,9-10,12-15,21-22,24,30,34,39H,8,11,16-20H2,1-4H3. The Labute approximate surface area is 238 Å². The van der Waals surface area contributed by atoms with E-state index in [2.05, 4.69) is 67.3 Å². The lowest BCUT2D eigenvalue weighted by Crippen LogP contribution is -2.45. The topological polar surface area (TPSA) is 35.9 Å². The Morgan fingerprint density at radius 2 is 1.45 bits per heavy atom. The molecule has 1 atom stereocenters. The van der Waals surface area contributed by atoms with Gasteiger partial charge in [0, 0.05) is 30.7 Å². The maximum absolute atomic E-state index is 15.5. The van der Waals surface area contributed by atoms with Crippen molar-refractivity contribution in [2.45, 2.75) is 76.4 Å². The van der Waals surface area contributed by atoms with Gasteiger partial charge in [-0.15, -0.1) is 0 Å². The minimum absolute atomic E-state index is 0.0603. The Morgan fingerprint density at radius 1 is 0.825 bits per heavy atom. The maximum atomic E-state index is 15.5. The van der Waals surface area contributed by atoms with Gasteiger partial charge in [-0.1, -0.05) is 68.4 Å². The summed E-state index contributed by atoms with van der Waals surface area (Å²) in [5.74, 6) is -0.539. The van der Waals surface area contributed by atoms with Gasteiger partial charge in [-0.2, -0.15) is 0 Å². The van der Waals surface area contributed by atoms with E-state index in [4.69, 9.17) is 4.65 Å². The molecule has 212 valence electrons. The summed E-state index contributed by atoms with van der Waals surface area (Å²) >= 11 is 0. The van der Waals surface area contributed by atoms with Crippen molar-refractivity contribution in [3.63, 3.8) is 0 Å². The summed E-state index contributed by atoms with van der Waals surface area (Å²) < 4.78 is 36.7. The van der Waals surface area contributed by atoms with Gasteiger partial charge >= 0.3 is 7.69 Å². The summed E-state index contributed by atoms with van der Waals surface area (Å²) in [6.07, 6.45) is 3.66. The molecule has 0 radical (unpaired) electrons. The van der Waals surface area contributed by atoms with Crippen molar-refractivity contribution in [2.24, 2.45) is 0 Å². The third-order valence-electron chi connectivity index (χ3n) is 9.62. The van der Waals surface area contributed by atoms with Gasteiger partial charge in [0.15, 0.2) is 11.6 Å². The van der Waals surface area contributed by atoms with Crippen LogP contribution in [0.25, 0.3) is 0 Å². The quantitative estimate of drug-likeness (QED) is 0.308. The molecule has 0 aliphatic carbocycles. The van der Waals surface area contributed by atoms with Gasteiger partial charge in [0.25, 0.3) is 0 Å². The van der Waals surface area contributed by atoms with E-state index < -0.39 is 17.2 Å². The molecule has 2 saturated heterocycles. The SMILES string of the molecule is CC(C)(OBO)C(C)(C)c1ccc(C2CCCN2c2cc(F)c(N3CCC(c4ccccc4)CC3)c(F)c2)cc1. The van der Waals surface area contributed by atoms with Gasteiger partial charge in [0.1, 0.15) is 5.69 Å². The molecular weight excluding hydrogens is 505 g/mol. The van der Waals surface area contributed by atoms with Crippen molar-refractivity contribution < 1.29 is 18.5 Å². The molecule has 0 aromatic heterocycles. The lowest BCUT2D eigenvalue weighted by atomic mass is 9.71. The van der Waals surface area contributed by atoms with Gasteiger partial charge in [-0.05, 0) is 74.3 Å². The molecule has 3 aromatic rings. The van der Waals surface area contributed by atoms with Crippen molar-refractivity contribution in [3.05, 3.63) is 95.1 Å². The minimum atomic E-state index is -0.559. The van der Waals surface area contributed by atoms with Crippen LogP contribution in [0.2, 0.25) is 0 Å². The highest BCUT2D eigenvalue weighted by Crippen LogP contribution is 2.42. The number of nitrogens with zero attached hydrogens (tertiary/aromatic N) is 2. The molecule has 0 spiro atoms. The molecule has 7 heteroatoms. The van der Waals surface area contributed by atoms with Gasteiger partial charge in [0.05, 0.1) is 11.6 Å². The first-order valence-electron chi connectivity index (χ1n) is 14.5. The van der Waals surface area contributed by atoms with Crippen LogP contribution >= 0.6 is 0 Å². The summed E-state index contributed by atoms with van der Waals surface area (Å²) in [4.78, 5) is 4.01. The summed E-state index contributed by atoms with van der Waals surface area (Å²) in [5.41, 5.74) is 3.35. The molecule has 5 rings (SSSR count). The molecule has 2 aliphatic heterocycles. The predicted octanol–water partition coefficient (Wildman–Crippen LogP) is 7.02.